The predicted molar refractivity (Wildman–Crippen MR) is 90.9 cm³/mol. The third-order valence-corrected chi connectivity index (χ3v) is 5.23. The van der Waals surface area contributed by atoms with Crippen LogP contribution in [0.5, 0.6) is 0 Å². The molecule has 2 N–H and O–H groups in total. The number of fused-ring (bicyclic) bond motifs is 1. The Bertz CT molecular complexity index is 781. The second-order valence-electron chi connectivity index (χ2n) is 6.74. The topological polar surface area (TPSA) is 102 Å². The van der Waals surface area contributed by atoms with E-state index in [0.717, 1.165) is 0 Å². The molecule has 1 aromatic rings. The molecule has 0 aliphatic heterocycles. The van der Waals surface area contributed by atoms with Crippen molar-refractivity contribution < 1.29 is 33.4 Å². The second kappa shape index (κ2) is 7.38. The molecule has 0 heterocycles. The SMILES string of the molecule is C=CCOC(=O)N[C@@]1(C(=O)OCc2ccccc2F)CC[C@H]2[C@H](C(=O)O)[C@H]21. The molecule has 0 saturated heterocycles. The minimum absolute atomic E-state index is 0.0529. The molecule has 27 heavy (non-hydrogen) atoms. The Labute approximate surface area is 155 Å². The van der Waals surface area contributed by atoms with Crippen molar-refractivity contribution in [3.05, 3.63) is 48.3 Å². The van der Waals surface area contributed by atoms with Crippen LogP contribution in [0, 0.1) is 23.6 Å². The van der Waals surface area contributed by atoms with Crippen molar-refractivity contribution in [2.75, 3.05) is 6.61 Å². The predicted octanol–water partition coefficient (Wildman–Crippen LogP) is 2.26. The van der Waals surface area contributed by atoms with E-state index in [1.165, 1.54) is 24.3 Å². The largest absolute Gasteiger partial charge is 0.481 e. The van der Waals surface area contributed by atoms with Gasteiger partial charge in [-0.05, 0) is 24.8 Å². The minimum atomic E-state index is -1.49. The van der Waals surface area contributed by atoms with Gasteiger partial charge in [-0.15, -0.1) is 0 Å². The zero-order valence-electron chi connectivity index (χ0n) is 14.5. The van der Waals surface area contributed by atoms with Gasteiger partial charge >= 0.3 is 18.0 Å². The number of aliphatic carboxylic acids is 1. The summed E-state index contributed by atoms with van der Waals surface area (Å²) in [5.41, 5.74) is -1.30. The smallest absolute Gasteiger partial charge is 0.408 e. The van der Waals surface area contributed by atoms with E-state index < -0.39 is 41.2 Å². The first-order valence-electron chi connectivity index (χ1n) is 8.60. The van der Waals surface area contributed by atoms with Gasteiger partial charge in [0.2, 0.25) is 0 Å². The van der Waals surface area contributed by atoms with E-state index >= 15 is 0 Å². The van der Waals surface area contributed by atoms with Crippen LogP contribution in [0.15, 0.2) is 36.9 Å². The molecule has 2 aliphatic rings. The highest BCUT2D eigenvalue weighted by Crippen LogP contribution is 2.62. The molecule has 4 atom stereocenters. The fraction of sp³-hybridized carbons (Fsp3) is 0.421. The number of halogens is 1. The Kier molecular flexibility index (Phi) is 5.16. The molecule has 1 aromatic carbocycles. The number of benzene rings is 1. The van der Waals surface area contributed by atoms with Crippen LogP contribution in [0.2, 0.25) is 0 Å². The molecule has 144 valence electrons. The van der Waals surface area contributed by atoms with Crippen molar-refractivity contribution in [1.29, 1.82) is 0 Å². The van der Waals surface area contributed by atoms with Crippen molar-refractivity contribution >= 4 is 18.0 Å². The molecule has 2 aliphatic carbocycles. The lowest BCUT2D eigenvalue weighted by atomic mass is 9.90. The number of hydrogen-bond acceptors (Lipinski definition) is 5. The van der Waals surface area contributed by atoms with E-state index in [9.17, 15) is 23.9 Å². The van der Waals surface area contributed by atoms with E-state index in [4.69, 9.17) is 9.47 Å². The highest BCUT2D eigenvalue weighted by molar-refractivity contribution is 5.90. The number of ether oxygens (including phenoxy) is 2. The van der Waals surface area contributed by atoms with Crippen molar-refractivity contribution in [3.8, 4) is 0 Å². The Morgan fingerprint density at radius 3 is 2.70 bits per heavy atom. The fourth-order valence-corrected chi connectivity index (χ4v) is 3.98. The maximum Gasteiger partial charge on any atom is 0.408 e. The lowest BCUT2D eigenvalue weighted by Crippen LogP contribution is -2.56. The summed E-state index contributed by atoms with van der Waals surface area (Å²) < 4.78 is 23.9. The highest BCUT2D eigenvalue weighted by atomic mass is 19.1. The van der Waals surface area contributed by atoms with E-state index in [1.807, 2.05) is 0 Å². The Morgan fingerprint density at radius 2 is 2.07 bits per heavy atom. The molecule has 0 unspecified atom stereocenters. The number of carbonyl (C=O) groups is 3. The van der Waals surface area contributed by atoms with Gasteiger partial charge in [-0.2, -0.15) is 0 Å². The normalized spacial score (nSPS) is 28.0. The molecular weight excluding hydrogens is 357 g/mol. The molecular formula is C19H20FNO6. The van der Waals surface area contributed by atoms with Crippen molar-refractivity contribution in [2.24, 2.45) is 17.8 Å². The zero-order valence-corrected chi connectivity index (χ0v) is 14.5. The van der Waals surface area contributed by atoms with E-state index in [-0.39, 0.29) is 31.1 Å². The Morgan fingerprint density at radius 1 is 1.33 bits per heavy atom. The van der Waals surface area contributed by atoms with E-state index in [1.54, 1.807) is 6.07 Å². The van der Waals surface area contributed by atoms with E-state index in [0.29, 0.717) is 6.42 Å². The molecule has 1 amide bonds. The summed E-state index contributed by atoms with van der Waals surface area (Å²) in [6.45, 7) is 3.07. The molecule has 7 nitrogen and oxygen atoms in total. The summed E-state index contributed by atoms with van der Waals surface area (Å²) in [5.74, 6) is -3.81. The quantitative estimate of drug-likeness (QED) is 0.558. The van der Waals surface area contributed by atoms with Gasteiger partial charge in [-0.25, -0.2) is 14.0 Å². The van der Waals surface area contributed by atoms with Crippen LogP contribution in [-0.2, 0) is 25.7 Å². The van der Waals surface area contributed by atoms with Gasteiger partial charge in [0.05, 0.1) is 5.92 Å². The first-order chi connectivity index (χ1) is 12.9. The van der Waals surface area contributed by atoms with Crippen LogP contribution < -0.4 is 5.32 Å². The van der Waals surface area contributed by atoms with Crippen LogP contribution in [0.4, 0.5) is 9.18 Å². The second-order valence-corrected chi connectivity index (χ2v) is 6.74. The molecule has 0 bridgehead atoms. The summed E-state index contributed by atoms with van der Waals surface area (Å²) in [5, 5.41) is 11.8. The number of hydrogen-bond donors (Lipinski definition) is 2. The number of carbonyl (C=O) groups excluding carboxylic acids is 2. The number of carboxylic acid groups (broad SMARTS) is 1. The molecule has 2 saturated carbocycles. The molecule has 8 heteroatoms. The summed E-state index contributed by atoms with van der Waals surface area (Å²) in [4.78, 5) is 36.3. The highest BCUT2D eigenvalue weighted by Gasteiger charge is 2.72. The van der Waals surface area contributed by atoms with E-state index in [2.05, 4.69) is 11.9 Å². The van der Waals surface area contributed by atoms with Gasteiger partial charge in [0.25, 0.3) is 0 Å². The molecule has 3 rings (SSSR count). The maximum absolute atomic E-state index is 13.7. The van der Waals surface area contributed by atoms with Gasteiger partial charge in [0.1, 0.15) is 24.6 Å². The number of esters is 1. The number of alkyl carbamates (subject to hydrolysis) is 1. The van der Waals surface area contributed by atoms with Crippen molar-refractivity contribution in [1.82, 2.24) is 5.32 Å². The lowest BCUT2D eigenvalue weighted by Gasteiger charge is -2.30. The van der Waals surface area contributed by atoms with Gasteiger partial charge in [0.15, 0.2) is 0 Å². The zero-order chi connectivity index (χ0) is 19.6. The molecule has 0 radical (unpaired) electrons. The summed E-state index contributed by atoms with van der Waals surface area (Å²) in [6, 6.07) is 5.86. The monoisotopic (exact) mass is 377 g/mol. The lowest BCUT2D eigenvalue weighted by molar-refractivity contribution is -0.154. The van der Waals surface area contributed by atoms with Crippen molar-refractivity contribution in [3.63, 3.8) is 0 Å². The average molecular weight is 377 g/mol. The fourth-order valence-electron chi connectivity index (χ4n) is 3.98. The molecule has 0 spiro atoms. The summed E-state index contributed by atoms with van der Waals surface area (Å²) in [7, 11) is 0. The minimum Gasteiger partial charge on any atom is -0.481 e. The van der Waals surface area contributed by atoms with Gasteiger partial charge < -0.3 is 19.9 Å². The standard InChI is InChI=1S/C19H20FNO6/c1-2-9-26-18(25)21-19(8-7-12-14(15(12)19)16(22)23)17(24)27-10-11-5-3-4-6-13(11)20/h2-6,12,14-15H,1,7-10H2,(H,21,25)(H,22,23)/t12-,14-,15-,19-/m0/s1. The van der Waals surface area contributed by atoms with Crippen LogP contribution >= 0.6 is 0 Å². The third-order valence-electron chi connectivity index (χ3n) is 5.23. The first kappa shape index (κ1) is 18.9. The number of nitrogens with one attached hydrogen (secondary N) is 1. The Hall–Kier alpha value is -2.90. The Balaban J connectivity index is 1.76. The maximum atomic E-state index is 13.7. The molecule has 2 fully saturated rings. The third kappa shape index (κ3) is 3.51. The first-order valence-corrected chi connectivity index (χ1v) is 8.60. The summed E-state index contributed by atoms with van der Waals surface area (Å²) >= 11 is 0. The average Bonchev–Trinajstić information content (AvgIpc) is 3.28. The van der Waals surface area contributed by atoms with Gasteiger partial charge in [-0.1, -0.05) is 30.9 Å². The number of carboxylic acids is 1. The van der Waals surface area contributed by atoms with Crippen molar-refractivity contribution in [2.45, 2.75) is 25.0 Å². The number of rotatable bonds is 7. The van der Waals surface area contributed by atoms with Crippen LogP contribution in [0.1, 0.15) is 18.4 Å². The van der Waals surface area contributed by atoms with Crippen LogP contribution in [-0.4, -0.2) is 35.3 Å². The van der Waals surface area contributed by atoms with Crippen LogP contribution in [0.3, 0.4) is 0 Å². The van der Waals surface area contributed by atoms with Gasteiger partial charge in [-0.3, -0.25) is 4.79 Å². The van der Waals surface area contributed by atoms with Crippen LogP contribution in [0.25, 0.3) is 0 Å². The number of amides is 1. The molecule has 0 aromatic heterocycles. The van der Waals surface area contributed by atoms with Gasteiger partial charge in [0, 0.05) is 11.5 Å². The summed E-state index contributed by atoms with van der Waals surface area (Å²) in [6.07, 6.45) is 1.23.